The molecule has 1 amide bonds. The lowest BCUT2D eigenvalue weighted by Gasteiger charge is -2.48. The number of carbonyl (C=O) groups is 1. The topological polar surface area (TPSA) is 20.3 Å². The Morgan fingerprint density at radius 1 is 1.11 bits per heavy atom. The number of carbonyl (C=O) groups excluding carboxylic acids is 1. The van der Waals surface area contributed by atoms with Crippen LogP contribution in [0.5, 0.6) is 0 Å². The first kappa shape index (κ1) is 12.3. The maximum Gasteiger partial charge on any atom is 0.403 e. The van der Waals surface area contributed by atoms with Crippen LogP contribution in [0.2, 0.25) is 0 Å². The first-order chi connectivity index (χ1) is 8.46. The van der Waals surface area contributed by atoms with E-state index in [1.54, 1.807) is 0 Å². The van der Waals surface area contributed by atoms with E-state index in [0.29, 0.717) is 25.3 Å². The smallest absolute Gasteiger partial charge is 0.338 e. The van der Waals surface area contributed by atoms with Gasteiger partial charge in [-0.3, -0.25) is 4.79 Å². The summed E-state index contributed by atoms with van der Waals surface area (Å²) in [7, 11) is 0. The highest BCUT2D eigenvalue weighted by atomic mass is 19.4. The van der Waals surface area contributed by atoms with Gasteiger partial charge in [0.15, 0.2) is 0 Å². The fraction of sp³-hybridized carbons (Fsp3) is 0.923. The predicted octanol–water partition coefficient (Wildman–Crippen LogP) is 3.12. The van der Waals surface area contributed by atoms with E-state index < -0.39 is 17.5 Å². The Hall–Kier alpha value is -0.740. The van der Waals surface area contributed by atoms with Crippen LogP contribution in [0.3, 0.4) is 0 Å². The van der Waals surface area contributed by atoms with Gasteiger partial charge in [-0.15, -0.1) is 0 Å². The number of amides is 1. The third-order valence-corrected chi connectivity index (χ3v) is 5.12. The van der Waals surface area contributed by atoms with Crippen LogP contribution >= 0.6 is 0 Å². The van der Waals surface area contributed by atoms with E-state index in [0.717, 1.165) is 19.3 Å². The standard InChI is InChI=1S/C13H18F3NO/c14-13(15,16)12(6-1-2-7-12)11(18)17-8-9-4-3-5-10(9)17/h9-10H,1-8H2. The number of halogens is 3. The molecule has 0 aromatic heterocycles. The van der Waals surface area contributed by atoms with E-state index in [9.17, 15) is 18.0 Å². The molecule has 18 heavy (non-hydrogen) atoms. The molecule has 3 aliphatic rings. The van der Waals surface area contributed by atoms with Crippen LogP contribution in [-0.4, -0.2) is 29.6 Å². The molecule has 0 bridgehead atoms. The first-order valence-corrected chi connectivity index (χ1v) is 6.83. The molecule has 2 nitrogen and oxygen atoms in total. The van der Waals surface area contributed by atoms with Gasteiger partial charge in [0.05, 0.1) is 0 Å². The lowest BCUT2D eigenvalue weighted by atomic mass is 9.80. The van der Waals surface area contributed by atoms with Crippen molar-refractivity contribution in [3.8, 4) is 0 Å². The highest BCUT2D eigenvalue weighted by Gasteiger charge is 2.64. The van der Waals surface area contributed by atoms with E-state index >= 15 is 0 Å². The zero-order chi connectivity index (χ0) is 13.0. The summed E-state index contributed by atoms with van der Waals surface area (Å²) in [6.07, 6.45) is -0.340. The predicted molar refractivity (Wildman–Crippen MR) is 59.8 cm³/mol. The lowest BCUT2D eigenvalue weighted by Crippen LogP contribution is -2.62. The lowest BCUT2D eigenvalue weighted by molar-refractivity contribution is -0.230. The Morgan fingerprint density at radius 2 is 1.78 bits per heavy atom. The Labute approximate surface area is 105 Å². The van der Waals surface area contributed by atoms with E-state index in [1.165, 1.54) is 4.90 Å². The zero-order valence-corrected chi connectivity index (χ0v) is 10.3. The Bertz CT molecular complexity index is 360. The van der Waals surface area contributed by atoms with Crippen molar-refractivity contribution in [1.29, 1.82) is 0 Å². The average molecular weight is 261 g/mol. The fourth-order valence-corrected chi connectivity index (χ4v) is 4.00. The van der Waals surface area contributed by atoms with Crippen molar-refractivity contribution in [1.82, 2.24) is 4.90 Å². The van der Waals surface area contributed by atoms with Crippen molar-refractivity contribution in [2.24, 2.45) is 11.3 Å². The number of alkyl halides is 3. The molecule has 2 atom stereocenters. The van der Waals surface area contributed by atoms with E-state index in [4.69, 9.17) is 0 Å². The number of hydrogen-bond acceptors (Lipinski definition) is 1. The molecule has 5 heteroatoms. The molecule has 2 saturated carbocycles. The van der Waals surface area contributed by atoms with E-state index in [2.05, 4.69) is 0 Å². The van der Waals surface area contributed by atoms with Crippen LogP contribution in [0.15, 0.2) is 0 Å². The molecule has 102 valence electrons. The average Bonchev–Trinajstić information content (AvgIpc) is 2.85. The highest BCUT2D eigenvalue weighted by molar-refractivity contribution is 5.85. The summed E-state index contributed by atoms with van der Waals surface area (Å²) in [6.45, 7) is 0.557. The van der Waals surface area contributed by atoms with Crippen LogP contribution in [0, 0.1) is 11.3 Å². The molecule has 2 aliphatic carbocycles. The van der Waals surface area contributed by atoms with Gasteiger partial charge in [0.25, 0.3) is 0 Å². The highest BCUT2D eigenvalue weighted by Crippen LogP contribution is 2.53. The third kappa shape index (κ3) is 1.51. The molecule has 3 rings (SSSR count). The normalized spacial score (nSPS) is 34.3. The zero-order valence-electron chi connectivity index (χ0n) is 10.3. The molecule has 0 spiro atoms. The second-order valence-electron chi connectivity index (χ2n) is 6.00. The number of hydrogen-bond donors (Lipinski definition) is 0. The van der Waals surface area contributed by atoms with Gasteiger partial charge in [-0.1, -0.05) is 19.3 Å². The van der Waals surface area contributed by atoms with E-state index in [1.807, 2.05) is 0 Å². The number of nitrogens with zero attached hydrogens (tertiary/aromatic N) is 1. The minimum atomic E-state index is -4.38. The Morgan fingerprint density at radius 3 is 2.33 bits per heavy atom. The Balaban J connectivity index is 1.81. The van der Waals surface area contributed by atoms with Crippen molar-refractivity contribution in [2.45, 2.75) is 57.2 Å². The maximum atomic E-state index is 13.3. The van der Waals surface area contributed by atoms with Gasteiger partial charge in [-0.05, 0) is 31.6 Å². The molecular weight excluding hydrogens is 243 g/mol. The summed E-state index contributed by atoms with van der Waals surface area (Å²) in [5, 5.41) is 0. The van der Waals surface area contributed by atoms with Crippen LogP contribution in [0.1, 0.15) is 44.9 Å². The van der Waals surface area contributed by atoms with Crippen molar-refractivity contribution >= 4 is 5.91 Å². The van der Waals surface area contributed by atoms with Gasteiger partial charge in [0.2, 0.25) is 5.91 Å². The number of fused-ring (bicyclic) bond motifs is 1. The second kappa shape index (κ2) is 3.87. The largest absolute Gasteiger partial charge is 0.403 e. The number of likely N-dealkylation sites (tertiary alicyclic amines) is 1. The minimum absolute atomic E-state index is 0.0107. The van der Waals surface area contributed by atoms with Crippen molar-refractivity contribution in [2.75, 3.05) is 6.54 Å². The fourth-order valence-electron chi connectivity index (χ4n) is 4.00. The van der Waals surface area contributed by atoms with Crippen molar-refractivity contribution < 1.29 is 18.0 Å². The molecule has 1 saturated heterocycles. The van der Waals surface area contributed by atoms with Crippen LogP contribution in [-0.2, 0) is 4.79 Å². The minimum Gasteiger partial charge on any atom is -0.338 e. The van der Waals surface area contributed by atoms with Gasteiger partial charge >= 0.3 is 6.18 Å². The molecule has 1 heterocycles. The number of rotatable bonds is 1. The van der Waals surface area contributed by atoms with Gasteiger partial charge in [0.1, 0.15) is 5.41 Å². The van der Waals surface area contributed by atoms with Crippen molar-refractivity contribution in [3.63, 3.8) is 0 Å². The monoisotopic (exact) mass is 261 g/mol. The summed E-state index contributed by atoms with van der Waals surface area (Å²) in [6, 6.07) is 0.109. The van der Waals surface area contributed by atoms with Gasteiger partial charge in [-0.25, -0.2) is 0 Å². The van der Waals surface area contributed by atoms with Crippen LogP contribution in [0.25, 0.3) is 0 Å². The SMILES string of the molecule is O=C(N1CC2CCCC21)C1(C(F)(F)F)CCCC1. The third-order valence-electron chi connectivity index (χ3n) is 5.12. The summed E-state index contributed by atoms with van der Waals surface area (Å²) >= 11 is 0. The molecule has 0 aromatic rings. The van der Waals surface area contributed by atoms with Crippen molar-refractivity contribution in [3.05, 3.63) is 0 Å². The van der Waals surface area contributed by atoms with Gasteiger partial charge < -0.3 is 4.90 Å². The second-order valence-corrected chi connectivity index (χ2v) is 6.00. The van der Waals surface area contributed by atoms with Crippen LogP contribution < -0.4 is 0 Å². The summed E-state index contributed by atoms with van der Waals surface area (Å²) in [5.41, 5.74) is -2.05. The molecule has 0 N–H and O–H groups in total. The summed E-state index contributed by atoms with van der Waals surface area (Å²) < 4.78 is 39.9. The molecule has 1 aliphatic heterocycles. The molecule has 0 radical (unpaired) electrons. The van der Waals surface area contributed by atoms with Gasteiger partial charge in [0, 0.05) is 12.6 Å². The summed E-state index contributed by atoms with van der Waals surface area (Å²) in [4.78, 5) is 13.9. The molecule has 0 aromatic carbocycles. The molecule has 2 unspecified atom stereocenters. The molecule has 3 fully saturated rings. The maximum absolute atomic E-state index is 13.3. The van der Waals surface area contributed by atoms with E-state index in [-0.39, 0.29) is 18.9 Å². The van der Waals surface area contributed by atoms with Crippen LogP contribution in [0.4, 0.5) is 13.2 Å². The first-order valence-electron chi connectivity index (χ1n) is 6.83. The summed E-state index contributed by atoms with van der Waals surface area (Å²) in [5.74, 6) is -0.156. The molecular formula is C13H18F3NO. The van der Waals surface area contributed by atoms with Gasteiger partial charge in [-0.2, -0.15) is 13.2 Å². The quantitative estimate of drug-likeness (QED) is 0.710. The Kier molecular flexibility index (Phi) is 2.65.